The van der Waals surface area contributed by atoms with Crippen molar-refractivity contribution in [2.24, 2.45) is 0 Å². The maximum absolute atomic E-state index is 12.6. The Morgan fingerprint density at radius 1 is 1.38 bits per heavy atom. The molecule has 0 unspecified atom stereocenters. The highest BCUT2D eigenvalue weighted by molar-refractivity contribution is 7.14. The van der Waals surface area contributed by atoms with Gasteiger partial charge in [0.05, 0.1) is 10.3 Å². The highest BCUT2D eigenvalue weighted by atomic mass is 32.1. The lowest BCUT2D eigenvalue weighted by atomic mass is 10.2. The SMILES string of the molecule is Cc1cc(C)c2c(NC(=O)c3ccc([C@@H]4CCCN4)s3)nsc2n1. The predicted octanol–water partition coefficient (Wildman–Crippen LogP) is 4.05. The van der Waals surface area contributed by atoms with Gasteiger partial charge in [0, 0.05) is 16.6 Å². The normalized spacial score (nSPS) is 17.5. The van der Waals surface area contributed by atoms with Gasteiger partial charge in [-0.2, -0.15) is 4.37 Å². The molecule has 1 aliphatic rings. The first-order chi connectivity index (χ1) is 11.6. The minimum atomic E-state index is -0.101. The Labute approximate surface area is 148 Å². The summed E-state index contributed by atoms with van der Waals surface area (Å²) in [6.07, 6.45) is 2.34. The largest absolute Gasteiger partial charge is 0.309 e. The molecule has 5 nitrogen and oxygen atoms in total. The minimum absolute atomic E-state index is 0.101. The molecular formula is C17H18N4OS2. The second kappa shape index (κ2) is 6.23. The quantitative estimate of drug-likeness (QED) is 0.741. The van der Waals surface area contributed by atoms with Gasteiger partial charge in [-0.3, -0.25) is 4.79 Å². The second-order valence-electron chi connectivity index (χ2n) is 6.10. The smallest absolute Gasteiger partial charge is 0.266 e. The fourth-order valence-electron chi connectivity index (χ4n) is 3.14. The van der Waals surface area contributed by atoms with Crippen LogP contribution in [0.15, 0.2) is 18.2 Å². The number of aromatic nitrogens is 2. The van der Waals surface area contributed by atoms with Crippen molar-refractivity contribution in [2.75, 3.05) is 11.9 Å². The molecule has 1 saturated heterocycles. The van der Waals surface area contributed by atoms with Gasteiger partial charge in [0.2, 0.25) is 0 Å². The molecular weight excluding hydrogens is 340 g/mol. The van der Waals surface area contributed by atoms with Crippen molar-refractivity contribution in [1.82, 2.24) is 14.7 Å². The first-order valence-corrected chi connectivity index (χ1v) is 9.59. The Hall–Kier alpha value is -1.83. The molecule has 24 heavy (non-hydrogen) atoms. The zero-order chi connectivity index (χ0) is 16.7. The van der Waals surface area contributed by atoms with Crippen molar-refractivity contribution >= 4 is 44.8 Å². The monoisotopic (exact) mass is 358 g/mol. The summed E-state index contributed by atoms with van der Waals surface area (Å²) in [6, 6.07) is 6.37. The molecule has 0 aliphatic carbocycles. The van der Waals surface area contributed by atoms with E-state index in [4.69, 9.17) is 0 Å². The van der Waals surface area contributed by atoms with E-state index in [1.807, 2.05) is 26.0 Å². The molecule has 4 rings (SSSR count). The molecule has 0 aromatic carbocycles. The van der Waals surface area contributed by atoms with E-state index in [1.165, 1.54) is 22.8 Å². The lowest BCUT2D eigenvalue weighted by molar-refractivity contribution is 0.103. The molecule has 124 valence electrons. The molecule has 2 N–H and O–H groups in total. The van der Waals surface area contributed by atoms with Crippen molar-refractivity contribution in [3.63, 3.8) is 0 Å². The van der Waals surface area contributed by atoms with E-state index < -0.39 is 0 Å². The number of amides is 1. The number of rotatable bonds is 3. The number of thiophene rings is 1. The van der Waals surface area contributed by atoms with E-state index in [2.05, 4.69) is 26.1 Å². The molecule has 0 spiro atoms. The molecule has 0 radical (unpaired) electrons. The number of nitrogens with zero attached hydrogens (tertiary/aromatic N) is 2. The van der Waals surface area contributed by atoms with Crippen LogP contribution < -0.4 is 10.6 Å². The molecule has 1 fully saturated rings. The first kappa shape index (κ1) is 15.7. The molecule has 1 amide bonds. The lowest BCUT2D eigenvalue weighted by Gasteiger charge is -2.06. The molecule has 1 aliphatic heterocycles. The van der Waals surface area contributed by atoms with Crippen molar-refractivity contribution in [1.29, 1.82) is 0 Å². The van der Waals surface area contributed by atoms with Crippen LogP contribution >= 0.6 is 22.9 Å². The zero-order valence-corrected chi connectivity index (χ0v) is 15.2. The van der Waals surface area contributed by atoms with Gasteiger partial charge >= 0.3 is 0 Å². The number of hydrogen-bond donors (Lipinski definition) is 2. The Kier molecular flexibility index (Phi) is 4.07. The van der Waals surface area contributed by atoms with Gasteiger partial charge in [0.15, 0.2) is 5.82 Å². The summed E-state index contributed by atoms with van der Waals surface area (Å²) < 4.78 is 4.39. The van der Waals surface area contributed by atoms with Crippen LogP contribution in [0.2, 0.25) is 0 Å². The minimum Gasteiger partial charge on any atom is -0.309 e. The molecule has 3 aromatic heterocycles. The molecule has 0 bridgehead atoms. The van der Waals surface area contributed by atoms with Crippen LogP contribution in [0, 0.1) is 13.8 Å². The van der Waals surface area contributed by atoms with Gasteiger partial charge in [0.1, 0.15) is 4.83 Å². The predicted molar refractivity (Wildman–Crippen MR) is 99.1 cm³/mol. The third-order valence-corrected chi connectivity index (χ3v) is 6.20. The third-order valence-electron chi connectivity index (χ3n) is 4.26. The molecule has 4 heterocycles. The lowest BCUT2D eigenvalue weighted by Crippen LogP contribution is -2.12. The number of carbonyl (C=O) groups excluding carboxylic acids is 1. The number of nitrogens with one attached hydrogen (secondary N) is 2. The molecule has 7 heteroatoms. The van der Waals surface area contributed by atoms with E-state index in [0.717, 1.165) is 39.3 Å². The average Bonchev–Trinajstić information content (AvgIpc) is 3.27. The van der Waals surface area contributed by atoms with E-state index >= 15 is 0 Å². The number of aryl methyl sites for hydroxylation is 2. The topological polar surface area (TPSA) is 66.9 Å². The van der Waals surface area contributed by atoms with E-state index in [9.17, 15) is 4.79 Å². The number of fused-ring (bicyclic) bond motifs is 1. The van der Waals surface area contributed by atoms with E-state index in [1.54, 1.807) is 11.3 Å². The van der Waals surface area contributed by atoms with Gasteiger partial charge in [-0.25, -0.2) is 4.98 Å². The van der Waals surface area contributed by atoms with Crippen LogP contribution in [0.4, 0.5) is 5.82 Å². The van der Waals surface area contributed by atoms with Crippen LogP contribution in [-0.2, 0) is 0 Å². The summed E-state index contributed by atoms with van der Waals surface area (Å²) in [7, 11) is 0. The highest BCUT2D eigenvalue weighted by Crippen LogP contribution is 2.32. The van der Waals surface area contributed by atoms with Gasteiger partial charge < -0.3 is 10.6 Å². The summed E-state index contributed by atoms with van der Waals surface area (Å²) >= 11 is 2.88. The summed E-state index contributed by atoms with van der Waals surface area (Å²) in [5, 5.41) is 7.36. The van der Waals surface area contributed by atoms with E-state index in [0.29, 0.717) is 11.9 Å². The number of carbonyl (C=O) groups is 1. The summed E-state index contributed by atoms with van der Waals surface area (Å²) in [5.41, 5.74) is 2.05. The molecule has 0 saturated carbocycles. The van der Waals surface area contributed by atoms with Crippen LogP contribution in [-0.4, -0.2) is 21.8 Å². The van der Waals surface area contributed by atoms with Crippen LogP contribution in [0.25, 0.3) is 10.2 Å². The highest BCUT2D eigenvalue weighted by Gasteiger charge is 2.20. The molecule has 3 aromatic rings. The number of anilines is 1. The Bertz CT molecular complexity index is 909. The Morgan fingerprint density at radius 2 is 2.25 bits per heavy atom. The van der Waals surface area contributed by atoms with Crippen molar-refractivity contribution in [3.8, 4) is 0 Å². The van der Waals surface area contributed by atoms with Gasteiger partial charge in [-0.05, 0) is 68.5 Å². The standard InChI is InChI=1S/C17H18N4OS2/c1-9-8-10(2)19-17-14(9)15(21-24-17)20-16(22)13-6-5-12(23-13)11-4-3-7-18-11/h5-6,8,11,18H,3-4,7H2,1-2H3,(H,20,21,22)/t11-/m0/s1. The average molecular weight is 358 g/mol. The van der Waals surface area contributed by atoms with Crippen molar-refractivity contribution in [2.45, 2.75) is 32.7 Å². The Balaban J connectivity index is 1.58. The van der Waals surface area contributed by atoms with Gasteiger partial charge in [0.25, 0.3) is 5.91 Å². The first-order valence-electron chi connectivity index (χ1n) is 8.00. The van der Waals surface area contributed by atoms with Crippen molar-refractivity contribution in [3.05, 3.63) is 39.2 Å². The number of pyridine rings is 1. The fraction of sp³-hybridized carbons (Fsp3) is 0.353. The summed E-state index contributed by atoms with van der Waals surface area (Å²) in [5.74, 6) is 0.510. The van der Waals surface area contributed by atoms with Crippen molar-refractivity contribution < 1.29 is 4.79 Å². The van der Waals surface area contributed by atoms with Gasteiger partial charge in [-0.15, -0.1) is 11.3 Å². The van der Waals surface area contributed by atoms with Gasteiger partial charge in [-0.1, -0.05) is 0 Å². The van der Waals surface area contributed by atoms with Crippen LogP contribution in [0.1, 0.15) is 44.7 Å². The van der Waals surface area contributed by atoms with Crippen LogP contribution in [0.5, 0.6) is 0 Å². The second-order valence-corrected chi connectivity index (χ2v) is 7.96. The van der Waals surface area contributed by atoms with Crippen LogP contribution in [0.3, 0.4) is 0 Å². The summed E-state index contributed by atoms with van der Waals surface area (Å²) in [6.45, 7) is 5.05. The maximum atomic E-state index is 12.6. The Morgan fingerprint density at radius 3 is 3.04 bits per heavy atom. The van der Waals surface area contributed by atoms with E-state index in [-0.39, 0.29) is 5.91 Å². The zero-order valence-electron chi connectivity index (χ0n) is 13.5. The third kappa shape index (κ3) is 2.83. The summed E-state index contributed by atoms with van der Waals surface area (Å²) in [4.78, 5) is 19.9. The number of hydrogen-bond acceptors (Lipinski definition) is 6. The maximum Gasteiger partial charge on any atom is 0.266 e. The fourth-order valence-corrected chi connectivity index (χ4v) is 5.00. The molecule has 1 atom stereocenters.